The largest absolute Gasteiger partial charge is 0.370 e. The van der Waals surface area contributed by atoms with Crippen molar-refractivity contribution < 1.29 is 0 Å². The molecule has 0 amide bonds. The van der Waals surface area contributed by atoms with Crippen LogP contribution in [0.3, 0.4) is 0 Å². The average Bonchev–Trinajstić information content (AvgIpc) is 2.46. The summed E-state index contributed by atoms with van der Waals surface area (Å²) in [5.41, 5.74) is 2.25. The smallest absolute Gasteiger partial charge is 0.225 e. The van der Waals surface area contributed by atoms with Crippen LogP contribution in [-0.2, 0) is 6.42 Å². The van der Waals surface area contributed by atoms with Gasteiger partial charge in [0, 0.05) is 24.8 Å². The molecule has 0 aliphatic heterocycles. The maximum atomic E-state index is 4.42. The van der Waals surface area contributed by atoms with Gasteiger partial charge in [-0.3, -0.25) is 0 Å². The van der Waals surface area contributed by atoms with E-state index in [9.17, 15) is 0 Å². The van der Waals surface area contributed by atoms with Gasteiger partial charge in [-0.1, -0.05) is 36.4 Å². The maximum absolute atomic E-state index is 4.42. The fourth-order valence-electron chi connectivity index (χ4n) is 1.88. The Morgan fingerprint density at radius 3 is 2.70 bits per heavy atom. The SMILES string of the molecule is C=CCNc1nc(C)cc(NCCc2ccccc2)n1. The normalized spacial score (nSPS) is 10.1. The quantitative estimate of drug-likeness (QED) is 0.758. The van der Waals surface area contributed by atoms with Crippen LogP contribution in [0.15, 0.2) is 49.1 Å². The molecule has 1 aromatic heterocycles. The van der Waals surface area contributed by atoms with Crippen LogP contribution in [0, 0.1) is 6.92 Å². The molecule has 0 unspecified atom stereocenters. The minimum Gasteiger partial charge on any atom is -0.370 e. The fraction of sp³-hybridized carbons (Fsp3) is 0.250. The Balaban J connectivity index is 1.91. The van der Waals surface area contributed by atoms with E-state index in [1.54, 1.807) is 6.08 Å². The predicted molar refractivity (Wildman–Crippen MR) is 84.1 cm³/mol. The molecule has 0 spiro atoms. The highest BCUT2D eigenvalue weighted by Crippen LogP contribution is 2.10. The number of hydrogen-bond acceptors (Lipinski definition) is 4. The Morgan fingerprint density at radius 1 is 1.15 bits per heavy atom. The van der Waals surface area contributed by atoms with Gasteiger partial charge in [-0.25, -0.2) is 4.98 Å². The van der Waals surface area contributed by atoms with E-state index >= 15 is 0 Å². The first kappa shape index (κ1) is 14.1. The Hall–Kier alpha value is -2.36. The second kappa shape index (κ2) is 7.28. The van der Waals surface area contributed by atoms with Gasteiger partial charge in [-0.2, -0.15) is 4.98 Å². The number of nitrogens with one attached hydrogen (secondary N) is 2. The zero-order chi connectivity index (χ0) is 14.2. The molecule has 0 aliphatic carbocycles. The van der Waals surface area contributed by atoms with Gasteiger partial charge in [0.05, 0.1) is 0 Å². The summed E-state index contributed by atoms with van der Waals surface area (Å²) in [6.07, 6.45) is 2.76. The third-order valence-corrected chi connectivity index (χ3v) is 2.82. The summed E-state index contributed by atoms with van der Waals surface area (Å²) in [5, 5.41) is 6.44. The molecule has 0 atom stereocenters. The molecule has 1 heterocycles. The first-order chi connectivity index (χ1) is 9.78. The highest BCUT2D eigenvalue weighted by Gasteiger charge is 2.01. The Morgan fingerprint density at radius 2 is 1.95 bits per heavy atom. The Bertz CT molecular complexity index is 552. The number of aryl methyl sites for hydroxylation is 1. The minimum atomic E-state index is 0.632. The number of hydrogen-bond donors (Lipinski definition) is 2. The van der Waals surface area contributed by atoms with Gasteiger partial charge in [0.25, 0.3) is 0 Å². The van der Waals surface area contributed by atoms with Crippen molar-refractivity contribution in [1.29, 1.82) is 0 Å². The van der Waals surface area contributed by atoms with Crippen molar-refractivity contribution in [3.05, 3.63) is 60.3 Å². The molecule has 0 aliphatic rings. The predicted octanol–water partition coefficient (Wildman–Crippen LogP) is 3.04. The first-order valence-corrected chi connectivity index (χ1v) is 6.76. The van der Waals surface area contributed by atoms with Crippen LogP contribution in [0.4, 0.5) is 11.8 Å². The number of anilines is 2. The van der Waals surface area contributed by atoms with Crippen LogP contribution in [0.2, 0.25) is 0 Å². The van der Waals surface area contributed by atoms with Crippen LogP contribution < -0.4 is 10.6 Å². The summed E-state index contributed by atoms with van der Waals surface area (Å²) in [6, 6.07) is 12.4. The van der Waals surface area contributed by atoms with E-state index in [1.165, 1.54) is 5.56 Å². The molecule has 0 fully saturated rings. The van der Waals surface area contributed by atoms with Crippen LogP contribution in [0.25, 0.3) is 0 Å². The van der Waals surface area contributed by atoms with E-state index in [0.717, 1.165) is 24.5 Å². The van der Waals surface area contributed by atoms with E-state index in [0.29, 0.717) is 12.5 Å². The van der Waals surface area contributed by atoms with Crippen molar-refractivity contribution in [3.63, 3.8) is 0 Å². The molecule has 2 N–H and O–H groups in total. The lowest BCUT2D eigenvalue weighted by Crippen LogP contribution is -2.10. The molecular weight excluding hydrogens is 248 g/mol. The highest BCUT2D eigenvalue weighted by molar-refractivity contribution is 5.42. The monoisotopic (exact) mass is 268 g/mol. The average molecular weight is 268 g/mol. The molecule has 1 aromatic carbocycles. The van der Waals surface area contributed by atoms with Crippen LogP contribution in [0.1, 0.15) is 11.3 Å². The van der Waals surface area contributed by atoms with Gasteiger partial charge < -0.3 is 10.6 Å². The second-order valence-corrected chi connectivity index (χ2v) is 4.55. The lowest BCUT2D eigenvalue weighted by atomic mass is 10.1. The van der Waals surface area contributed by atoms with Crippen molar-refractivity contribution in [2.45, 2.75) is 13.3 Å². The topological polar surface area (TPSA) is 49.8 Å². The van der Waals surface area contributed by atoms with Crippen molar-refractivity contribution in [1.82, 2.24) is 9.97 Å². The summed E-state index contributed by atoms with van der Waals surface area (Å²) in [6.45, 7) is 7.14. The van der Waals surface area contributed by atoms with Gasteiger partial charge in [0.1, 0.15) is 5.82 Å². The van der Waals surface area contributed by atoms with Crippen molar-refractivity contribution >= 4 is 11.8 Å². The number of benzene rings is 1. The summed E-state index contributed by atoms with van der Waals surface area (Å²) >= 11 is 0. The molecule has 0 saturated heterocycles. The van der Waals surface area contributed by atoms with E-state index < -0.39 is 0 Å². The molecule has 0 radical (unpaired) electrons. The minimum absolute atomic E-state index is 0.632. The van der Waals surface area contributed by atoms with E-state index in [4.69, 9.17) is 0 Å². The first-order valence-electron chi connectivity index (χ1n) is 6.76. The fourth-order valence-corrected chi connectivity index (χ4v) is 1.88. The molecule has 4 nitrogen and oxygen atoms in total. The van der Waals surface area contributed by atoms with Crippen LogP contribution in [-0.4, -0.2) is 23.1 Å². The lowest BCUT2D eigenvalue weighted by Gasteiger charge is -2.09. The van der Waals surface area contributed by atoms with Gasteiger partial charge in [0.2, 0.25) is 5.95 Å². The van der Waals surface area contributed by atoms with Crippen molar-refractivity contribution in [3.8, 4) is 0 Å². The summed E-state index contributed by atoms with van der Waals surface area (Å²) in [5.74, 6) is 1.48. The van der Waals surface area contributed by atoms with E-state index in [1.807, 2.05) is 19.1 Å². The van der Waals surface area contributed by atoms with Crippen molar-refractivity contribution in [2.75, 3.05) is 23.7 Å². The lowest BCUT2D eigenvalue weighted by molar-refractivity contribution is 0.990. The summed E-state index contributed by atoms with van der Waals surface area (Å²) in [7, 11) is 0. The third kappa shape index (κ3) is 4.39. The zero-order valence-electron chi connectivity index (χ0n) is 11.8. The molecule has 0 saturated carbocycles. The van der Waals surface area contributed by atoms with Crippen molar-refractivity contribution in [2.24, 2.45) is 0 Å². The van der Waals surface area contributed by atoms with Gasteiger partial charge in [-0.05, 0) is 18.9 Å². The Kier molecular flexibility index (Phi) is 5.12. The number of rotatable bonds is 7. The van der Waals surface area contributed by atoms with Crippen LogP contribution >= 0.6 is 0 Å². The van der Waals surface area contributed by atoms with Gasteiger partial charge >= 0.3 is 0 Å². The number of nitrogens with zero attached hydrogens (tertiary/aromatic N) is 2. The van der Waals surface area contributed by atoms with Gasteiger partial charge in [-0.15, -0.1) is 6.58 Å². The maximum Gasteiger partial charge on any atom is 0.225 e. The molecule has 2 aromatic rings. The molecule has 4 heteroatoms. The highest BCUT2D eigenvalue weighted by atomic mass is 15.1. The third-order valence-electron chi connectivity index (χ3n) is 2.82. The molecule has 2 rings (SSSR count). The molecule has 20 heavy (non-hydrogen) atoms. The Labute approximate surface area is 120 Å². The standard InChI is InChI=1S/C16H20N4/c1-3-10-18-16-19-13(2)12-15(20-16)17-11-9-14-7-5-4-6-8-14/h3-8,12H,1,9-11H2,2H3,(H2,17,18,19,20). The molecule has 0 bridgehead atoms. The van der Waals surface area contributed by atoms with E-state index in [-0.39, 0.29) is 0 Å². The number of aromatic nitrogens is 2. The zero-order valence-corrected chi connectivity index (χ0v) is 11.8. The summed E-state index contributed by atoms with van der Waals surface area (Å²) < 4.78 is 0. The molecule has 104 valence electrons. The molecular formula is C16H20N4. The summed E-state index contributed by atoms with van der Waals surface area (Å²) in [4.78, 5) is 8.75. The second-order valence-electron chi connectivity index (χ2n) is 4.55. The van der Waals surface area contributed by atoms with Gasteiger partial charge in [0.15, 0.2) is 0 Å². The van der Waals surface area contributed by atoms with Crippen LogP contribution in [0.5, 0.6) is 0 Å². The van der Waals surface area contributed by atoms with E-state index in [2.05, 4.69) is 51.4 Å².